The summed E-state index contributed by atoms with van der Waals surface area (Å²) in [6.07, 6.45) is 0. The maximum Gasteiger partial charge on any atom is 0.131 e. The molecule has 0 saturated carbocycles. The topological polar surface area (TPSA) is 48.1 Å². The summed E-state index contributed by atoms with van der Waals surface area (Å²) in [5, 5.41) is 2.92. The molecule has 0 radical (unpaired) electrons. The number of benzene rings is 2. The Balaban J connectivity index is 1.64. The Morgan fingerprint density at radius 1 is 0.952 bits per heavy atom. The molecule has 2 N–H and O–H groups in total. The van der Waals surface area contributed by atoms with Gasteiger partial charge in [0.05, 0.1) is 5.69 Å². The molecule has 0 atom stereocenters. The van der Waals surface area contributed by atoms with Crippen LogP contribution in [0.4, 0.5) is 0 Å². The van der Waals surface area contributed by atoms with Crippen LogP contribution in [0.2, 0.25) is 0 Å². The van der Waals surface area contributed by atoms with E-state index in [0.717, 1.165) is 16.5 Å². The van der Waals surface area contributed by atoms with Crippen molar-refractivity contribution in [2.75, 3.05) is 0 Å². The third kappa shape index (κ3) is 3.48. The van der Waals surface area contributed by atoms with Crippen molar-refractivity contribution >= 4 is 11.3 Å². The number of hydrogen-bond acceptors (Lipinski definition) is 4. The zero-order valence-corrected chi connectivity index (χ0v) is 12.3. The van der Waals surface area contributed by atoms with E-state index in [2.05, 4.69) is 29.2 Å². The van der Waals surface area contributed by atoms with Crippen molar-refractivity contribution in [2.45, 2.75) is 13.2 Å². The Hall–Kier alpha value is -2.17. The van der Waals surface area contributed by atoms with Crippen LogP contribution in [0.25, 0.3) is 11.1 Å². The van der Waals surface area contributed by atoms with Crippen LogP contribution in [0.3, 0.4) is 0 Å². The zero-order chi connectivity index (χ0) is 14.5. The Labute approximate surface area is 128 Å². The molecule has 0 aliphatic rings. The molecule has 0 bridgehead atoms. The second-order valence-corrected chi connectivity index (χ2v) is 5.56. The molecule has 21 heavy (non-hydrogen) atoms. The molecule has 3 rings (SSSR count). The van der Waals surface area contributed by atoms with Crippen LogP contribution < -0.4 is 10.5 Å². The fourth-order valence-corrected chi connectivity index (χ4v) is 2.70. The Bertz CT molecular complexity index is 692. The van der Waals surface area contributed by atoms with Gasteiger partial charge in [-0.25, -0.2) is 4.98 Å². The average molecular weight is 296 g/mol. The fraction of sp³-hybridized carbons (Fsp3) is 0.118. The second-order valence-electron chi connectivity index (χ2n) is 4.62. The molecule has 0 saturated heterocycles. The van der Waals surface area contributed by atoms with E-state index in [1.807, 2.05) is 35.7 Å². The first-order valence-corrected chi connectivity index (χ1v) is 7.65. The largest absolute Gasteiger partial charge is 0.487 e. The van der Waals surface area contributed by atoms with Crippen molar-refractivity contribution in [1.82, 2.24) is 4.98 Å². The predicted molar refractivity (Wildman–Crippen MR) is 86.2 cm³/mol. The molecule has 0 aliphatic carbocycles. The van der Waals surface area contributed by atoms with Gasteiger partial charge in [-0.2, -0.15) is 0 Å². The van der Waals surface area contributed by atoms with E-state index in [-0.39, 0.29) is 0 Å². The van der Waals surface area contributed by atoms with Crippen LogP contribution in [-0.4, -0.2) is 4.98 Å². The molecule has 4 heteroatoms. The van der Waals surface area contributed by atoms with Crippen LogP contribution in [0.15, 0.2) is 60.0 Å². The van der Waals surface area contributed by atoms with Gasteiger partial charge in [0.2, 0.25) is 0 Å². The van der Waals surface area contributed by atoms with Gasteiger partial charge in [0.1, 0.15) is 17.4 Å². The van der Waals surface area contributed by atoms with Gasteiger partial charge >= 0.3 is 0 Å². The molecule has 1 heterocycles. The molecule has 106 valence electrons. The summed E-state index contributed by atoms with van der Waals surface area (Å²) >= 11 is 1.57. The average Bonchev–Trinajstić information content (AvgIpc) is 3.02. The minimum absolute atomic E-state index is 0.473. The number of hydrogen-bond donors (Lipinski definition) is 1. The van der Waals surface area contributed by atoms with Gasteiger partial charge in [0.25, 0.3) is 0 Å². The van der Waals surface area contributed by atoms with Gasteiger partial charge in [-0.15, -0.1) is 11.3 Å². The van der Waals surface area contributed by atoms with Gasteiger partial charge in [-0.1, -0.05) is 42.5 Å². The standard InChI is InChI=1S/C17H16N2OS/c18-10-17-19-15(12-21-17)11-20-16-8-6-14(7-9-16)13-4-2-1-3-5-13/h1-9,12H,10-11,18H2. The Kier molecular flexibility index (Phi) is 4.28. The van der Waals surface area contributed by atoms with Crippen LogP contribution in [0, 0.1) is 0 Å². The molecule has 0 unspecified atom stereocenters. The highest BCUT2D eigenvalue weighted by atomic mass is 32.1. The second kappa shape index (κ2) is 6.52. The van der Waals surface area contributed by atoms with Gasteiger partial charge in [0, 0.05) is 11.9 Å². The van der Waals surface area contributed by atoms with Crippen LogP contribution in [-0.2, 0) is 13.2 Å². The van der Waals surface area contributed by atoms with E-state index in [1.54, 1.807) is 11.3 Å². The maximum absolute atomic E-state index is 5.74. The zero-order valence-electron chi connectivity index (χ0n) is 11.5. The first-order chi connectivity index (χ1) is 10.3. The lowest BCUT2D eigenvalue weighted by Gasteiger charge is -2.06. The monoisotopic (exact) mass is 296 g/mol. The Morgan fingerprint density at radius 2 is 1.67 bits per heavy atom. The molecule has 1 aromatic heterocycles. The van der Waals surface area contributed by atoms with E-state index in [9.17, 15) is 0 Å². The number of nitrogens with zero attached hydrogens (tertiary/aromatic N) is 1. The maximum atomic E-state index is 5.74. The third-order valence-electron chi connectivity index (χ3n) is 3.12. The molecule has 2 aromatic carbocycles. The van der Waals surface area contributed by atoms with E-state index in [0.29, 0.717) is 13.2 Å². The fourth-order valence-electron chi connectivity index (χ4n) is 2.04. The molecular formula is C17H16N2OS. The molecule has 3 aromatic rings. The highest BCUT2D eigenvalue weighted by Crippen LogP contribution is 2.22. The molecule has 3 nitrogen and oxygen atoms in total. The number of rotatable bonds is 5. The van der Waals surface area contributed by atoms with E-state index in [4.69, 9.17) is 10.5 Å². The molecule has 0 amide bonds. The van der Waals surface area contributed by atoms with Crippen molar-refractivity contribution in [3.8, 4) is 16.9 Å². The molecule has 0 spiro atoms. The van der Waals surface area contributed by atoms with Crippen molar-refractivity contribution in [3.63, 3.8) is 0 Å². The minimum Gasteiger partial charge on any atom is -0.487 e. The Morgan fingerprint density at radius 3 is 2.33 bits per heavy atom. The summed E-state index contributed by atoms with van der Waals surface area (Å²) < 4.78 is 5.74. The lowest BCUT2D eigenvalue weighted by molar-refractivity contribution is 0.302. The predicted octanol–water partition coefficient (Wildman–Crippen LogP) is 3.85. The molecule has 0 aliphatic heterocycles. The van der Waals surface area contributed by atoms with Gasteiger partial charge in [0.15, 0.2) is 0 Å². The van der Waals surface area contributed by atoms with E-state index in [1.165, 1.54) is 11.1 Å². The minimum atomic E-state index is 0.473. The highest BCUT2D eigenvalue weighted by molar-refractivity contribution is 7.09. The summed E-state index contributed by atoms with van der Waals surface area (Å²) in [5.74, 6) is 0.844. The third-order valence-corrected chi connectivity index (χ3v) is 4.04. The van der Waals surface area contributed by atoms with Crippen molar-refractivity contribution in [2.24, 2.45) is 5.73 Å². The first kappa shape index (κ1) is 13.8. The molecular weight excluding hydrogens is 280 g/mol. The SMILES string of the molecule is NCc1nc(COc2ccc(-c3ccccc3)cc2)cs1. The normalized spacial score (nSPS) is 10.5. The van der Waals surface area contributed by atoms with Gasteiger partial charge in [-0.3, -0.25) is 0 Å². The van der Waals surface area contributed by atoms with Crippen LogP contribution >= 0.6 is 11.3 Å². The van der Waals surface area contributed by atoms with Crippen LogP contribution in [0.1, 0.15) is 10.7 Å². The quantitative estimate of drug-likeness (QED) is 0.778. The van der Waals surface area contributed by atoms with Gasteiger partial charge in [-0.05, 0) is 23.3 Å². The van der Waals surface area contributed by atoms with Crippen molar-refractivity contribution in [1.29, 1.82) is 0 Å². The van der Waals surface area contributed by atoms with E-state index < -0.39 is 0 Å². The van der Waals surface area contributed by atoms with Gasteiger partial charge < -0.3 is 10.5 Å². The summed E-state index contributed by atoms with van der Waals surface area (Å²) in [7, 11) is 0. The number of ether oxygens (including phenoxy) is 1. The smallest absolute Gasteiger partial charge is 0.131 e. The lowest BCUT2D eigenvalue weighted by Crippen LogP contribution is -1.98. The number of aromatic nitrogens is 1. The van der Waals surface area contributed by atoms with Crippen LogP contribution in [0.5, 0.6) is 5.75 Å². The number of nitrogens with two attached hydrogens (primary N) is 1. The highest BCUT2D eigenvalue weighted by Gasteiger charge is 2.02. The summed E-state index contributed by atoms with van der Waals surface area (Å²) in [4.78, 5) is 4.38. The summed E-state index contributed by atoms with van der Waals surface area (Å²) in [6.45, 7) is 0.956. The van der Waals surface area contributed by atoms with Crippen molar-refractivity contribution < 1.29 is 4.74 Å². The molecule has 0 fully saturated rings. The number of thiazole rings is 1. The summed E-state index contributed by atoms with van der Waals surface area (Å²) in [6, 6.07) is 18.4. The summed E-state index contributed by atoms with van der Waals surface area (Å²) in [5.41, 5.74) is 8.86. The first-order valence-electron chi connectivity index (χ1n) is 6.77. The lowest BCUT2D eigenvalue weighted by atomic mass is 10.1. The van der Waals surface area contributed by atoms with Crippen molar-refractivity contribution in [3.05, 3.63) is 70.7 Å². The van der Waals surface area contributed by atoms with E-state index >= 15 is 0 Å².